The van der Waals surface area contributed by atoms with Gasteiger partial charge in [0.15, 0.2) is 0 Å². The molecule has 0 fully saturated rings. The number of fused-ring (bicyclic) bond motifs is 1. The van der Waals surface area contributed by atoms with Gasteiger partial charge in [-0.3, -0.25) is 14.6 Å². The second kappa shape index (κ2) is 5.77. The van der Waals surface area contributed by atoms with E-state index in [0.717, 1.165) is 10.9 Å². The molecule has 5 heteroatoms. The fraction of sp³-hybridized carbons (Fsp3) is 0.0714. The topological polar surface area (TPSA) is 71.1 Å². The average molecular weight is 255 g/mol. The molecule has 0 unspecified atom stereocenters. The Bertz CT molecular complexity index is 632. The Balaban J connectivity index is 2.19. The molecule has 96 valence electrons. The largest absolute Gasteiger partial charge is 0.344 e. The molecule has 1 heterocycles. The van der Waals surface area contributed by atoms with Crippen LogP contribution < -0.4 is 10.6 Å². The molecule has 2 amide bonds. The lowest BCUT2D eigenvalue weighted by molar-refractivity contribution is -0.136. The third kappa shape index (κ3) is 2.95. The Morgan fingerprint density at radius 2 is 2.05 bits per heavy atom. The van der Waals surface area contributed by atoms with Crippen LogP contribution in [-0.4, -0.2) is 23.3 Å². The van der Waals surface area contributed by atoms with E-state index in [2.05, 4.69) is 22.2 Å². The highest BCUT2D eigenvalue weighted by molar-refractivity contribution is 6.40. The van der Waals surface area contributed by atoms with Gasteiger partial charge >= 0.3 is 11.8 Å². The zero-order valence-corrected chi connectivity index (χ0v) is 10.2. The predicted molar refractivity (Wildman–Crippen MR) is 73.6 cm³/mol. The summed E-state index contributed by atoms with van der Waals surface area (Å²) in [6.07, 6.45) is 3.18. The molecule has 19 heavy (non-hydrogen) atoms. The van der Waals surface area contributed by atoms with E-state index in [1.807, 2.05) is 12.1 Å². The highest BCUT2D eigenvalue weighted by Gasteiger charge is 2.13. The Morgan fingerprint density at radius 3 is 2.84 bits per heavy atom. The first-order valence-electron chi connectivity index (χ1n) is 5.76. The van der Waals surface area contributed by atoms with E-state index in [4.69, 9.17) is 0 Å². The second-order valence-corrected chi connectivity index (χ2v) is 3.83. The van der Waals surface area contributed by atoms with Gasteiger partial charge in [-0.25, -0.2) is 0 Å². The minimum Gasteiger partial charge on any atom is -0.344 e. The number of rotatable bonds is 3. The first kappa shape index (κ1) is 12.8. The number of pyridine rings is 1. The van der Waals surface area contributed by atoms with E-state index >= 15 is 0 Å². The van der Waals surface area contributed by atoms with Crippen LogP contribution in [0.1, 0.15) is 0 Å². The minimum atomic E-state index is -0.710. The molecule has 0 saturated carbocycles. The van der Waals surface area contributed by atoms with E-state index in [1.165, 1.54) is 6.08 Å². The highest BCUT2D eigenvalue weighted by Crippen LogP contribution is 2.20. The fourth-order valence-corrected chi connectivity index (χ4v) is 1.64. The van der Waals surface area contributed by atoms with Crippen molar-refractivity contribution >= 4 is 28.4 Å². The van der Waals surface area contributed by atoms with Crippen LogP contribution in [-0.2, 0) is 9.59 Å². The summed E-state index contributed by atoms with van der Waals surface area (Å²) in [7, 11) is 0. The maximum atomic E-state index is 11.7. The van der Waals surface area contributed by atoms with E-state index in [1.54, 1.807) is 24.4 Å². The molecule has 1 aromatic carbocycles. The molecule has 0 spiro atoms. The van der Waals surface area contributed by atoms with Crippen molar-refractivity contribution < 1.29 is 9.59 Å². The summed E-state index contributed by atoms with van der Waals surface area (Å²) in [5.41, 5.74) is 1.32. The van der Waals surface area contributed by atoms with Gasteiger partial charge < -0.3 is 10.6 Å². The number of hydrogen-bond donors (Lipinski definition) is 2. The van der Waals surface area contributed by atoms with Gasteiger partial charge in [-0.15, -0.1) is 6.58 Å². The van der Waals surface area contributed by atoms with E-state index in [-0.39, 0.29) is 6.54 Å². The van der Waals surface area contributed by atoms with E-state index in [9.17, 15) is 9.59 Å². The molecule has 2 N–H and O–H groups in total. The summed E-state index contributed by atoms with van der Waals surface area (Å²) >= 11 is 0. The first-order chi connectivity index (χ1) is 9.22. The number of carbonyl (C=O) groups excluding carboxylic acids is 2. The van der Waals surface area contributed by atoms with Gasteiger partial charge in [0.25, 0.3) is 0 Å². The van der Waals surface area contributed by atoms with Crippen LogP contribution in [0.3, 0.4) is 0 Å². The molecule has 2 aromatic rings. The smallest absolute Gasteiger partial charge is 0.313 e. The Hall–Kier alpha value is -2.69. The fourth-order valence-electron chi connectivity index (χ4n) is 1.64. The van der Waals surface area contributed by atoms with Crippen LogP contribution in [0.5, 0.6) is 0 Å². The third-order valence-electron chi connectivity index (χ3n) is 2.51. The van der Waals surface area contributed by atoms with Gasteiger partial charge in [-0.1, -0.05) is 12.1 Å². The van der Waals surface area contributed by atoms with Crippen molar-refractivity contribution in [3.8, 4) is 0 Å². The van der Waals surface area contributed by atoms with Crippen LogP contribution >= 0.6 is 0 Å². The van der Waals surface area contributed by atoms with Crippen molar-refractivity contribution in [2.75, 3.05) is 11.9 Å². The number of aromatic nitrogens is 1. The Labute approximate surface area is 110 Å². The molecule has 5 nitrogen and oxygen atoms in total. The zero-order chi connectivity index (χ0) is 13.7. The van der Waals surface area contributed by atoms with Gasteiger partial charge in [-0.05, 0) is 24.3 Å². The summed E-state index contributed by atoms with van der Waals surface area (Å²) in [5.74, 6) is -1.40. The van der Waals surface area contributed by atoms with E-state index < -0.39 is 11.8 Å². The number of amides is 2. The lowest BCUT2D eigenvalue weighted by atomic mass is 10.2. The first-order valence-corrected chi connectivity index (χ1v) is 5.76. The average Bonchev–Trinajstić information content (AvgIpc) is 2.45. The van der Waals surface area contributed by atoms with Crippen molar-refractivity contribution in [1.29, 1.82) is 0 Å². The number of nitrogens with one attached hydrogen (secondary N) is 2. The molecule has 0 bridgehead atoms. The normalized spacial score (nSPS) is 9.89. The summed E-state index contributed by atoms with van der Waals surface area (Å²) in [6, 6.07) is 8.94. The van der Waals surface area contributed by atoms with Gasteiger partial charge in [0.1, 0.15) is 0 Å². The lowest BCUT2D eigenvalue weighted by Crippen LogP contribution is -2.35. The monoisotopic (exact) mass is 255 g/mol. The number of benzene rings is 1. The van der Waals surface area contributed by atoms with Crippen molar-refractivity contribution in [1.82, 2.24) is 10.3 Å². The maximum Gasteiger partial charge on any atom is 0.313 e. The number of carbonyl (C=O) groups is 2. The molecule has 0 saturated heterocycles. The Kier molecular flexibility index (Phi) is 3.87. The van der Waals surface area contributed by atoms with Crippen molar-refractivity contribution in [3.05, 3.63) is 49.2 Å². The lowest BCUT2D eigenvalue weighted by Gasteiger charge is -2.07. The number of nitrogens with zero attached hydrogens (tertiary/aromatic N) is 1. The highest BCUT2D eigenvalue weighted by atomic mass is 16.2. The molecule has 0 aliphatic rings. The molecule has 0 radical (unpaired) electrons. The molecular weight excluding hydrogens is 242 g/mol. The molecule has 1 aromatic heterocycles. The zero-order valence-electron chi connectivity index (χ0n) is 10.2. The van der Waals surface area contributed by atoms with Crippen LogP contribution in [0.25, 0.3) is 10.9 Å². The second-order valence-electron chi connectivity index (χ2n) is 3.83. The third-order valence-corrected chi connectivity index (χ3v) is 2.51. The quantitative estimate of drug-likeness (QED) is 0.644. The maximum absolute atomic E-state index is 11.7. The minimum absolute atomic E-state index is 0.253. The summed E-state index contributed by atoms with van der Waals surface area (Å²) in [5, 5.41) is 5.77. The van der Waals surface area contributed by atoms with Crippen molar-refractivity contribution in [2.24, 2.45) is 0 Å². The summed E-state index contributed by atoms with van der Waals surface area (Å²) in [6.45, 7) is 3.72. The molecule has 2 rings (SSSR count). The molecule has 0 aliphatic carbocycles. The van der Waals surface area contributed by atoms with Crippen LogP contribution in [0.4, 0.5) is 5.69 Å². The summed E-state index contributed by atoms with van der Waals surface area (Å²) < 4.78 is 0. The van der Waals surface area contributed by atoms with Crippen LogP contribution in [0, 0.1) is 0 Å². The van der Waals surface area contributed by atoms with Gasteiger partial charge in [0.05, 0.1) is 11.2 Å². The molecular formula is C14H13N3O2. The van der Waals surface area contributed by atoms with Gasteiger partial charge in [0, 0.05) is 18.1 Å². The van der Waals surface area contributed by atoms with Crippen molar-refractivity contribution in [2.45, 2.75) is 0 Å². The van der Waals surface area contributed by atoms with Gasteiger partial charge in [-0.2, -0.15) is 0 Å². The SMILES string of the molecule is C=CCNC(=O)C(=O)Nc1cccc2ncccc12. The van der Waals surface area contributed by atoms with Crippen molar-refractivity contribution in [3.63, 3.8) is 0 Å². The van der Waals surface area contributed by atoms with Crippen LogP contribution in [0.15, 0.2) is 49.2 Å². The Morgan fingerprint density at radius 1 is 1.21 bits per heavy atom. The molecule has 0 aliphatic heterocycles. The van der Waals surface area contributed by atoms with Crippen LogP contribution in [0.2, 0.25) is 0 Å². The standard InChI is InChI=1S/C14H13N3O2/c1-2-8-16-13(18)14(19)17-12-7-3-6-11-10(12)5-4-9-15-11/h2-7,9H,1,8H2,(H,16,18)(H,17,19). The number of hydrogen-bond acceptors (Lipinski definition) is 3. The van der Waals surface area contributed by atoms with Gasteiger partial charge in [0.2, 0.25) is 0 Å². The number of anilines is 1. The van der Waals surface area contributed by atoms with E-state index in [0.29, 0.717) is 5.69 Å². The summed E-state index contributed by atoms with van der Waals surface area (Å²) in [4.78, 5) is 27.3. The predicted octanol–water partition coefficient (Wildman–Crippen LogP) is 1.48. The molecule has 0 atom stereocenters.